The summed E-state index contributed by atoms with van der Waals surface area (Å²) in [5.41, 5.74) is 8.62. The number of methoxy groups -OCH3 is 1. The van der Waals surface area contributed by atoms with Crippen molar-refractivity contribution >= 4 is 181 Å². The molecular weight excluding hydrogens is 2110 g/mol. The van der Waals surface area contributed by atoms with Crippen LogP contribution in [0.15, 0.2) is 187 Å². The Balaban J connectivity index is 0.000000172. The van der Waals surface area contributed by atoms with Gasteiger partial charge in [-0.1, -0.05) is 4.68 Å². The first-order valence-electron chi connectivity index (χ1n) is 43.7. The van der Waals surface area contributed by atoms with Gasteiger partial charge in [0.2, 0.25) is 11.1 Å². The normalized spacial score (nSPS) is 11.4. The minimum atomic E-state index is -0.736. The molecule has 0 aliphatic carbocycles. The molecule has 16 rings (SSSR count). The number of esters is 5. The van der Waals surface area contributed by atoms with Crippen LogP contribution in [0.1, 0.15) is 188 Å². The number of amides is 2. The van der Waals surface area contributed by atoms with Gasteiger partial charge < -0.3 is 24.8 Å². The van der Waals surface area contributed by atoms with E-state index in [0.29, 0.717) is 73.7 Å². The summed E-state index contributed by atoms with van der Waals surface area (Å²) in [5, 5.41) is 39.0. The third-order valence-corrected chi connectivity index (χ3v) is 22.4. The topological polar surface area (TPSA) is 468 Å². The Labute approximate surface area is 849 Å². The second kappa shape index (κ2) is 47.3. The van der Waals surface area contributed by atoms with Crippen LogP contribution in [0, 0.1) is 27.9 Å². The molecule has 143 heavy (non-hydrogen) atoms. The molecular formula is C98H106F2N25O14Se4+. The SMILES string of the molecule is COc1c(C(=O)OC(C)(C)C)n[n+](C)c2cccnc12.Cn1nc(C(=O)NCc2ccc(F)cc2)c(=[Se])c2ncccc21.Cn1nc(C(=O)NCc2ccc(F)cc2)c(=[Se])c2ncccc21.Cn1nc(C(=O)OC(C)(C)C)/c(=N/N)c2ncccc21.Cn1nc(C(=O)OC(C)(C)C)c(=O)c2ncccc21.Cn1nc(C(=O)OC(C)(C)C)c(=[Se])c2ncccc21.Cn1nc(C(=O)OC(C)(C)C)c(=[Se])c2ncccc21. The number of fused-ring (bicyclic) bond motifs is 7. The molecule has 744 valence electrons. The van der Waals surface area contributed by atoms with E-state index in [1.807, 2.05) is 102 Å². The van der Waals surface area contributed by atoms with E-state index in [1.54, 1.807) is 225 Å². The molecule has 4 N–H and O–H groups in total. The number of carbonyl (C=O) groups is 7. The number of aromatic nitrogens is 21. The molecule has 0 bridgehead atoms. The molecule has 45 heteroatoms. The second-order valence-electron chi connectivity index (χ2n) is 36.2. The summed E-state index contributed by atoms with van der Waals surface area (Å²) in [6.07, 6.45) is 11.5. The van der Waals surface area contributed by atoms with E-state index in [0.717, 1.165) is 44.2 Å². The number of ether oxygens (including phenoxy) is 6. The molecule has 2 amide bonds. The van der Waals surface area contributed by atoms with Crippen molar-refractivity contribution in [1.82, 2.24) is 109 Å². The summed E-state index contributed by atoms with van der Waals surface area (Å²) >= 11 is 11.5. The van der Waals surface area contributed by atoms with Gasteiger partial charge in [0.1, 0.15) is 33.2 Å². The van der Waals surface area contributed by atoms with E-state index in [-0.39, 0.29) is 74.2 Å². The van der Waals surface area contributed by atoms with Crippen LogP contribution in [0.2, 0.25) is 0 Å². The number of hydrogen-bond donors (Lipinski definition) is 3. The summed E-state index contributed by atoms with van der Waals surface area (Å²) in [6.45, 7) is 27.5. The zero-order valence-electron chi connectivity index (χ0n) is 82.7. The molecule has 0 aliphatic heterocycles. The molecule has 0 saturated carbocycles. The zero-order valence-corrected chi connectivity index (χ0v) is 89.5. The predicted octanol–water partition coefficient (Wildman–Crippen LogP) is 10.1. The number of nitrogens with two attached hydrogens (primary N) is 1. The van der Waals surface area contributed by atoms with Crippen LogP contribution in [0.25, 0.3) is 77.2 Å². The minimum absolute atomic E-state index is 0.0520. The average molecular weight is 2210 g/mol. The Hall–Kier alpha value is -14.7. The van der Waals surface area contributed by atoms with Gasteiger partial charge in [-0.25, -0.2) is 19.4 Å². The van der Waals surface area contributed by atoms with Crippen LogP contribution in [-0.4, -0.2) is 238 Å². The third-order valence-electron chi connectivity index (χ3n) is 19.2. The van der Waals surface area contributed by atoms with E-state index in [2.05, 4.69) is 149 Å². The fourth-order valence-electron chi connectivity index (χ4n) is 13.0. The molecule has 0 radical (unpaired) electrons. The van der Waals surface area contributed by atoms with Gasteiger partial charge in [0, 0.05) is 43.9 Å². The Morgan fingerprint density at radius 3 is 0.930 bits per heavy atom. The van der Waals surface area contributed by atoms with Crippen molar-refractivity contribution in [3.8, 4) is 5.75 Å². The monoisotopic (exact) mass is 2210 g/mol. The number of pyridine rings is 7. The van der Waals surface area contributed by atoms with Crippen molar-refractivity contribution in [1.29, 1.82) is 0 Å². The van der Waals surface area contributed by atoms with E-state index < -0.39 is 63.3 Å². The zero-order chi connectivity index (χ0) is 105. The quantitative estimate of drug-likeness (QED) is 0.0255. The molecule has 16 aromatic rings. The number of hydrogen-bond acceptors (Lipinski definition) is 30. The van der Waals surface area contributed by atoms with Crippen molar-refractivity contribution in [2.75, 3.05) is 7.11 Å². The van der Waals surface area contributed by atoms with Crippen molar-refractivity contribution in [3.05, 3.63) is 271 Å². The van der Waals surface area contributed by atoms with Crippen molar-refractivity contribution in [3.63, 3.8) is 0 Å². The van der Waals surface area contributed by atoms with E-state index in [9.17, 15) is 47.1 Å². The Kier molecular flexibility index (Phi) is 36.4. The molecule has 14 heterocycles. The fourth-order valence-corrected chi connectivity index (χ4v) is 15.4. The fraction of sp³-hybridized carbons (Fsp3) is 0.306. The third kappa shape index (κ3) is 29.3. The van der Waals surface area contributed by atoms with Gasteiger partial charge in [-0.15, -0.1) is 0 Å². The van der Waals surface area contributed by atoms with Crippen molar-refractivity contribution in [2.45, 2.75) is 145 Å². The van der Waals surface area contributed by atoms with Gasteiger partial charge in [0.05, 0.1) is 18.1 Å². The van der Waals surface area contributed by atoms with Crippen LogP contribution in [0.5, 0.6) is 5.75 Å². The standard InChI is InChI=1S/2C16H13FN4OSe.C14H18N3O3.C13H17N5O2.C13H15N3O3.2C13H15N3O2Se/c2*1-21-12-3-2-8-18-13(12)15(23)14(20-21)16(22)19-9-10-4-6-11(17)7-5-10;1-14(2,3)20-13(18)11-12(19-5)10-9(17(4)16-11)7-6-8-15-10;1-13(2,3)20-12(19)11-10(16-14)9-8(18(4)17-11)6-5-7-15-9;1-13(2,3)19-12(18)10-11(17)9-8(16(4)15-10)6-5-7-14-9;2*1-13(2,3)18-12(17)10-11(19)9-8(16(4)15-10)6-5-7-14-9/h2*2-8H,9H2,1H3,(H,19,22);6-8H,1-5H3;5-7H,14H2,1-4H3;3*5-7H,1-4H3/q;;+1;;;;/b;;;16-10+;;;. The number of carbonyl (C=O) groups excluding carboxylic acids is 7. The van der Waals surface area contributed by atoms with Crippen LogP contribution in [0.3, 0.4) is 0 Å². The van der Waals surface area contributed by atoms with Crippen LogP contribution in [-0.2, 0) is 86.1 Å². The van der Waals surface area contributed by atoms with Gasteiger partial charge in [0.15, 0.2) is 24.0 Å². The number of nitrogens with one attached hydrogen (secondary N) is 2. The summed E-state index contributed by atoms with van der Waals surface area (Å²) in [6, 6.07) is 37.5. The summed E-state index contributed by atoms with van der Waals surface area (Å²) in [4.78, 5) is 127. The Morgan fingerprint density at radius 1 is 0.357 bits per heavy atom. The molecule has 0 fully saturated rings. The molecule has 0 saturated heterocycles. The van der Waals surface area contributed by atoms with Crippen LogP contribution in [0.4, 0.5) is 8.78 Å². The molecule has 0 aliphatic rings. The first-order chi connectivity index (χ1) is 67.2. The second-order valence-corrected chi connectivity index (χ2v) is 39.6. The van der Waals surface area contributed by atoms with Gasteiger partial charge in [-0.05, 0) is 92.6 Å². The Bertz CT molecular complexity index is 7520. The number of nitrogens with zero attached hydrogens (tertiary/aromatic N) is 22. The maximum absolute atomic E-state index is 12.9. The van der Waals surface area contributed by atoms with Gasteiger partial charge >= 0.3 is 533 Å². The number of aryl methyl sites for hydroxylation is 7. The summed E-state index contributed by atoms with van der Waals surface area (Å²) in [5.74, 6) is 1.73. The summed E-state index contributed by atoms with van der Waals surface area (Å²) in [7, 11) is 13.7. The van der Waals surface area contributed by atoms with Gasteiger partial charge in [0.25, 0.3) is 11.2 Å². The van der Waals surface area contributed by atoms with E-state index in [1.165, 1.54) is 42.3 Å². The molecule has 39 nitrogen and oxygen atoms in total. The average Bonchev–Trinajstić information content (AvgIpc) is 0.789. The van der Waals surface area contributed by atoms with E-state index >= 15 is 0 Å². The van der Waals surface area contributed by atoms with Crippen molar-refractivity contribution < 1.29 is 75.4 Å². The maximum atomic E-state index is 12.9. The molecule has 0 atom stereocenters. The van der Waals surface area contributed by atoms with E-state index in [4.69, 9.17) is 34.3 Å². The van der Waals surface area contributed by atoms with Gasteiger partial charge in [-0.2, -0.15) is 15.3 Å². The first kappa shape index (κ1) is 110. The predicted molar refractivity (Wildman–Crippen MR) is 531 cm³/mol. The number of rotatable bonds is 12. The molecule has 14 aromatic heterocycles. The van der Waals surface area contributed by atoms with Crippen molar-refractivity contribution in [2.24, 2.45) is 60.3 Å². The van der Waals surface area contributed by atoms with Crippen LogP contribution < -0.4 is 36.7 Å². The molecule has 2 aromatic carbocycles. The number of halogens is 2. The molecule has 0 spiro atoms. The number of benzene rings is 2. The van der Waals surface area contributed by atoms with Gasteiger partial charge in [-0.3, -0.25) is 24.1 Å². The van der Waals surface area contributed by atoms with Crippen LogP contribution >= 0.6 is 0 Å². The molecule has 0 unspecified atom stereocenters. The summed E-state index contributed by atoms with van der Waals surface area (Å²) < 4.78 is 71.1. The first-order valence-corrected chi connectivity index (χ1v) is 47.2. The Morgan fingerprint density at radius 2 is 0.608 bits per heavy atom.